The van der Waals surface area contributed by atoms with Gasteiger partial charge in [-0.1, -0.05) is 36.4 Å². The second-order valence-corrected chi connectivity index (χ2v) is 8.48. The van der Waals surface area contributed by atoms with Gasteiger partial charge in [-0.15, -0.1) is 0 Å². The Morgan fingerprint density at radius 1 is 0.735 bits per heavy atom. The zero-order chi connectivity index (χ0) is 23.9. The summed E-state index contributed by atoms with van der Waals surface area (Å²) in [6, 6.07) is 24.3. The van der Waals surface area contributed by atoms with Gasteiger partial charge in [0.1, 0.15) is 11.5 Å². The molecule has 3 aromatic carbocycles. The molecule has 0 N–H and O–H groups in total. The third kappa shape index (κ3) is 5.58. The Balaban J connectivity index is 1.62. The molecule has 178 valence electrons. The summed E-state index contributed by atoms with van der Waals surface area (Å²) in [4.78, 5) is 17.0. The molecule has 34 heavy (non-hydrogen) atoms. The van der Waals surface area contributed by atoms with Crippen molar-refractivity contribution < 1.29 is 19.0 Å². The van der Waals surface area contributed by atoms with Crippen LogP contribution in [-0.4, -0.2) is 50.2 Å². The zero-order valence-electron chi connectivity index (χ0n) is 20.1. The molecule has 0 amide bonds. The van der Waals surface area contributed by atoms with Gasteiger partial charge in [0.2, 0.25) is 0 Å². The van der Waals surface area contributed by atoms with E-state index >= 15 is 0 Å². The highest BCUT2D eigenvalue weighted by Crippen LogP contribution is 2.33. The second-order valence-electron chi connectivity index (χ2n) is 8.48. The van der Waals surface area contributed by atoms with E-state index in [1.807, 2.05) is 48.5 Å². The zero-order valence-corrected chi connectivity index (χ0v) is 20.1. The van der Waals surface area contributed by atoms with Crippen LogP contribution in [0.15, 0.2) is 72.8 Å². The molecule has 0 atom stereocenters. The molecule has 1 saturated heterocycles. The number of carbonyl (C=O) groups excluding carboxylic acids is 1. The van der Waals surface area contributed by atoms with Gasteiger partial charge in [0, 0.05) is 26.2 Å². The highest BCUT2D eigenvalue weighted by atomic mass is 16.5. The Morgan fingerprint density at radius 3 is 1.62 bits per heavy atom. The van der Waals surface area contributed by atoms with Crippen molar-refractivity contribution >= 4 is 5.97 Å². The maximum absolute atomic E-state index is 12.0. The molecule has 6 heteroatoms. The van der Waals surface area contributed by atoms with E-state index in [1.165, 1.54) is 18.2 Å². The largest absolute Gasteiger partial charge is 0.497 e. The van der Waals surface area contributed by atoms with Crippen LogP contribution in [0.4, 0.5) is 0 Å². The molecule has 1 fully saturated rings. The first-order valence-electron chi connectivity index (χ1n) is 11.5. The summed E-state index contributed by atoms with van der Waals surface area (Å²) in [5.74, 6) is 1.40. The van der Waals surface area contributed by atoms with E-state index in [0.717, 1.165) is 49.7 Å². The molecule has 6 nitrogen and oxygen atoms in total. The minimum atomic E-state index is -0.319. The van der Waals surface area contributed by atoms with E-state index in [1.54, 1.807) is 14.2 Å². The number of hydrogen-bond acceptors (Lipinski definition) is 6. The van der Waals surface area contributed by atoms with Crippen molar-refractivity contribution in [1.82, 2.24) is 9.80 Å². The number of methoxy groups -OCH3 is 3. The minimum absolute atomic E-state index is 0.0876. The lowest BCUT2D eigenvalue weighted by molar-refractivity contribution is -0.00911. The first-order chi connectivity index (χ1) is 16.6. The van der Waals surface area contributed by atoms with Gasteiger partial charge in [0.15, 0.2) is 0 Å². The van der Waals surface area contributed by atoms with Crippen LogP contribution in [0.5, 0.6) is 11.5 Å². The molecule has 0 saturated carbocycles. The van der Waals surface area contributed by atoms with Crippen LogP contribution in [0.1, 0.15) is 39.6 Å². The minimum Gasteiger partial charge on any atom is -0.497 e. The maximum atomic E-state index is 12.0. The number of nitrogens with zero attached hydrogens (tertiary/aromatic N) is 2. The smallest absolute Gasteiger partial charge is 0.337 e. The van der Waals surface area contributed by atoms with Crippen molar-refractivity contribution in [2.45, 2.75) is 25.7 Å². The average Bonchev–Trinajstić information content (AvgIpc) is 2.89. The van der Waals surface area contributed by atoms with E-state index in [0.29, 0.717) is 5.56 Å². The topological polar surface area (TPSA) is 51.2 Å². The monoisotopic (exact) mass is 460 g/mol. The Labute approximate surface area is 201 Å². The van der Waals surface area contributed by atoms with Gasteiger partial charge in [-0.05, 0) is 59.5 Å². The molecule has 0 spiro atoms. The molecule has 1 aliphatic heterocycles. The first kappa shape index (κ1) is 23.8. The third-order valence-corrected chi connectivity index (χ3v) is 6.30. The van der Waals surface area contributed by atoms with Crippen molar-refractivity contribution in [2.24, 2.45) is 0 Å². The van der Waals surface area contributed by atoms with E-state index in [4.69, 9.17) is 14.2 Å². The second kappa shape index (κ2) is 11.2. The fourth-order valence-electron chi connectivity index (χ4n) is 4.55. The number of rotatable bonds is 8. The molecule has 4 rings (SSSR count). The van der Waals surface area contributed by atoms with Crippen LogP contribution in [-0.2, 0) is 17.8 Å². The van der Waals surface area contributed by atoms with Crippen molar-refractivity contribution in [2.75, 3.05) is 34.4 Å². The Kier molecular flexibility index (Phi) is 7.83. The highest BCUT2D eigenvalue weighted by Gasteiger charge is 2.31. The summed E-state index contributed by atoms with van der Waals surface area (Å²) in [7, 11) is 4.78. The van der Waals surface area contributed by atoms with Gasteiger partial charge in [-0.3, -0.25) is 9.80 Å². The van der Waals surface area contributed by atoms with Gasteiger partial charge < -0.3 is 14.2 Å². The molecule has 3 aromatic rings. The Morgan fingerprint density at radius 2 is 1.21 bits per heavy atom. The van der Waals surface area contributed by atoms with E-state index in [-0.39, 0.29) is 12.1 Å². The van der Waals surface area contributed by atoms with Gasteiger partial charge in [0.25, 0.3) is 0 Å². The molecule has 0 bridgehead atoms. The molecular weight excluding hydrogens is 428 g/mol. The van der Waals surface area contributed by atoms with Gasteiger partial charge in [0.05, 0.1) is 33.1 Å². The van der Waals surface area contributed by atoms with E-state index < -0.39 is 0 Å². The summed E-state index contributed by atoms with van der Waals surface area (Å²) < 4.78 is 15.5. The first-order valence-corrected chi connectivity index (χ1v) is 11.5. The van der Waals surface area contributed by atoms with Crippen LogP contribution in [0.3, 0.4) is 0 Å². The molecule has 0 radical (unpaired) electrons. The van der Waals surface area contributed by atoms with E-state index in [2.05, 4.69) is 34.1 Å². The summed E-state index contributed by atoms with van der Waals surface area (Å²) in [6.07, 6.45) is 1.17. The SMILES string of the molecule is COC(=O)c1ccc(C2N(Cc3ccc(OC)cc3)CCCN2Cc2ccc(OC)cc2)cc1. The van der Waals surface area contributed by atoms with Crippen LogP contribution in [0, 0.1) is 0 Å². The van der Waals surface area contributed by atoms with Gasteiger partial charge in [-0.25, -0.2) is 4.79 Å². The summed E-state index contributed by atoms with van der Waals surface area (Å²) in [6.45, 7) is 3.64. The number of hydrogen-bond donors (Lipinski definition) is 0. The van der Waals surface area contributed by atoms with Gasteiger partial charge >= 0.3 is 5.97 Å². The van der Waals surface area contributed by atoms with Crippen LogP contribution in [0.2, 0.25) is 0 Å². The number of benzene rings is 3. The normalized spacial score (nSPS) is 15.1. The maximum Gasteiger partial charge on any atom is 0.337 e. The fourth-order valence-corrected chi connectivity index (χ4v) is 4.55. The lowest BCUT2D eigenvalue weighted by Gasteiger charge is -2.44. The van der Waals surface area contributed by atoms with Crippen molar-refractivity contribution in [3.05, 3.63) is 95.1 Å². The van der Waals surface area contributed by atoms with Crippen molar-refractivity contribution in [3.8, 4) is 11.5 Å². The van der Waals surface area contributed by atoms with Crippen molar-refractivity contribution in [3.63, 3.8) is 0 Å². The predicted octanol–water partition coefficient (Wildman–Crippen LogP) is 4.90. The average molecular weight is 461 g/mol. The van der Waals surface area contributed by atoms with E-state index in [9.17, 15) is 4.79 Å². The highest BCUT2D eigenvalue weighted by molar-refractivity contribution is 5.89. The summed E-state index contributed by atoms with van der Waals surface area (Å²) in [5.41, 5.74) is 4.20. The number of esters is 1. The molecule has 1 heterocycles. The number of ether oxygens (including phenoxy) is 3. The molecular formula is C28H32N2O4. The van der Waals surface area contributed by atoms with Crippen LogP contribution < -0.4 is 9.47 Å². The quantitative estimate of drug-likeness (QED) is 0.446. The lowest BCUT2D eigenvalue weighted by atomic mass is 10.0. The Bertz CT molecular complexity index is 1010. The molecule has 1 aliphatic rings. The molecule has 0 aromatic heterocycles. The van der Waals surface area contributed by atoms with Crippen LogP contribution in [0.25, 0.3) is 0 Å². The summed E-state index contributed by atoms with van der Waals surface area (Å²) in [5, 5.41) is 0. The molecule has 0 aliphatic carbocycles. The standard InChI is InChI=1S/C28H32N2O4/c1-32-25-13-5-21(6-14-25)19-29-17-4-18-30(20-22-7-15-26(33-2)16-8-22)27(29)23-9-11-24(12-10-23)28(31)34-3/h5-16,27H,4,17-20H2,1-3H3. The number of carbonyl (C=O) groups is 1. The lowest BCUT2D eigenvalue weighted by Crippen LogP contribution is -2.46. The van der Waals surface area contributed by atoms with Crippen molar-refractivity contribution in [1.29, 1.82) is 0 Å². The predicted molar refractivity (Wildman–Crippen MR) is 132 cm³/mol. The summed E-state index contributed by atoms with van der Waals surface area (Å²) >= 11 is 0. The molecule has 0 unspecified atom stereocenters. The third-order valence-electron chi connectivity index (χ3n) is 6.30. The van der Waals surface area contributed by atoms with Crippen LogP contribution >= 0.6 is 0 Å². The van der Waals surface area contributed by atoms with Gasteiger partial charge in [-0.2, -0.15) is 0 Å². The fraction of sp³-hybridized carbons (Fsp3) is 0.321. The Hall–Kier alpha value is -3.35.